The average Bonchev–Trinajstić information content (AvgIpc) is 3.29. The molecule has 2 N–H and O–H groups in total. The molecule has 0 fully saturated rings. The van der Waals surface area contributed by atoms with Crippen LogP contribution < -0.4 is 4.72 Å². The molecular formula is C17H16ClNO4S2. The van der Waals surface area contributed by atoms with Crippen LogP contribution in [0, 0.1) is 6.92 Å². The lowest BCUT2D eigenvalue weighted by Crippen LogP contribution is -2.41. The van der Waals surface area contributed by atoms with Gasteiger partial charge < -0.3 is 9.52 Å². The monoisotopic (exact) mass is 397 g/mol. The summed E-state index contributed by atoms with van der Waals surface area (Å²) in [5.41, 5.74) is -0.596. The molecule has 8 heteroatoms. The maximum atomic E-state index is 12.7. The zero-order valence-electron chi connectivity index (χ0n) is 13.3. The lowest BCUT2D eigenvalue weighted by Gasteiger charge is -2.26. The van der Waals surface area contributed by atoms with Gasteiger partial charge in [0.2, 0.25) is 10.0 Å². The first kappa shape index (κ1) is 18.2. The summed E-state index contributed by atoms with van der Waals surface area (Å²) in [7, 11) is -3.85. The highest BCUT2D eigenvalue weighted by atomic mass is 35.5. The fourth-order valence-corrected chi connectivity index (χ4v) is 4.90. The number of aliphatic hydroxyl groups is 1. The van der Waals surface area contributed by atoms with Crippen molar-refractivity contribution in [2.24, 2.45) is 0 Å². The van der Waals surface area contributed by atoms with E-state index < -0.39 is 15.6 Å². The van der Waals surface area contributed by atoms with Gasteiger partial charge in [-0.25, -0.2) is 13.1 Å². The Morgan fingerprint density at radius 3 is 2.72 bits per heavy atom. The van der Waals surface area contributed by atoms with Crippen LogP contribution in [-0.4, -0.2) is 20.1 Å². The average molecular weight is 398 g/mol. The fourth-order valence-electron chi connectivity index (χ4n) is 2.50. The van der Waals surface area contributed by atoms with E-state index in [0.717, 1.165) is 0 Å². The van der Waals surface area contributed by atoms with Gasteiger partial charge in [0.25, 0.3) is 0 Å². The Morgan fingerprint density at radius 1 is 1.28 bits per heavy atom. The van der Waals surface area contributed by atoms with Gasteiger partial charge >= 0.3 is 0 Å². The van der Waals surface area contributed by atoms with E-state index in [1.807, 2.05) is 5.38 Å². The SMILES string of the molecule is Cc1c(Cl)cccc1S(=O)(=O)NC[C@@](O)(c1ccoc1)c1cccs1. The second kappa shape index (κ2) is 6.93. The highest BCUT2D eigenvalue weighted by molar-refractivity contribution is 7.89. The lowest BCUT2D eigenvalue weighted by molar-refractivity contribution is 0.0892. The third-order valence-electron chi connectivity index (χ3n) is 3.95. The zero-order valence-corrected chi connectivity index (χ0v) is 15.7. The third-order valence-corrected chi connectivity index (χ3v) is 6.93. The summed E-state index contributed by atoms with van der Waals surface area (Å²) >= 11 is 7.35. The fraction of sp³-hybridized carbons (Fsp3) is 0.176. The van der Waals surface area contributed by atoms with E-state index in [4.69, 9.17) is 16.0 Å². The molecule has 0 saturated heterocycles. The molecule has 0 aliphatic rings. The minimum Gasteiger partial charge on any atom is -0.472 e. The van der Waals surface area contributed by atoms with Gasteiger partial charge in [0.15, 0.2) is 0 Å². The van der Waals surface area contributed by atoms with E-state index in [0.29, 0.717) is 21.0 Å². The molecule has 0 unspecified atom stereocenters. The number of benzene rings is 1. The molecule has 0 aliphatic heterocycles. The number of sulfonamides is 1. The van der Waals surface area contributed by atoms with Crippen molar-refractivity contribution in [2.75, 3.05) is 6.54 Å². The van der Waals surface area contributed by atoms with Gasteiger partial charge in [-0.2, -0.15) is 0 Å². The Bertz CT molecular complexity index is 916. The molecule has 0 bridgehead atoms. The van der Waals surface area contributed by atoms with Crippen LogP contribution in [0.5, 0.6) is 0 Å². The summed E-state index contributed by atoms with van der Waals surface area (Å²) in [5.74, 6) is 0. The molecule has 3 aromatic rings. The van der Waals surface area contributed by atoms with E-state index in [-0.39, 0.29) is 11.4 Å². The first-order valence-electron chi connectivity index (χ1n) is 7.38. The topological polar surface area (TPSA) is 79.5 Å². The third kappa shape index (κ3) is 3.51. The molecule has 0 radical (unpaired) electrons. The van der Waals surface area contributed by atoms with Crippen LogP contribution >= 0.6 is 22.9 Å². The molecule has 0 spiro atoms. The molecule has 2 heterocycles. The molecule has 0 amide bonds. The number of nitrogens with one attached hydrogen (secondary N) is 1. The number of rotatable bonds is 6. The van der Waals surface area contributed by atoms with Crippen LogP contribution in [0.4, 0.5) is 0 Å². The van der Waals surface area contributed by atoms with Crippen molar-refractivity contribution in [3.05, 3.63) is 75.3 Å². The Kier molecular flexibility index (Phi) is 5.04. The van der Waals surface area contributed by atoms with Crippen molar-refractivity contribution in [3.8, 4) is 0 Å². The van der Waals surface area contributed by atoms with Crippen molar-refractivity contribution < 1.29 is 17.9 Å². The predicted octanol–water partition coefficient (Wildman–Crippen LogP) is 3.52. The predicted molar refractivity (Wildman–Crippen MR) is 97.4 cm³/mol. The van der Waals surface area contributed by atoms with Crippen LogP contribution in [0.1, 0.15) is 16.0 Å². The van der Waals surface area contributed by atoms with Crippen molar-refractivity contribution in [1.82, 2.24) is 4.72 Å². The lowest BCUT2D eigenvalue weighted by atomic mass is 9.95. The van der Waals surface area contributed by atoms with Crippen LogP contribution in [0.2, 0.25) is 5.02 Å². The second-order valence-electron chi connectivity index (χ2n) is 5.54. The van der Waals surface area contributed by atoms with Gasteiger partial charge in [0, 0.05) is 22.0 Å². The van der Waals surface area contributed by atoms with E-state index in [9.17, 15) is 13.5 Å². The van der Waals surface area contributed by atoms with Crippen LogP contribution in [-0.2, 0) is 15.6 Å². The standard InChI is InChI=1S/C17H16ClNO4S2/c1-12-14(18)4-2-5-15(12)25(21,22)19-11-17(20,13-7-8-23-10-13)16-6-3-9-24-16/h2-10,19-20H,11H2,1H3/t17-/m1/s1. The van der Waals surface area contributed by atoms with Crippen LogP contribution in [0.25, 0.3) is 0 Å². The summed E-state index contributed by atoms with van der Waals surface area (Å²) in [4.78, 5) is 0.695. The minimum absolute atomic E-state index is 0.0840. The molecule has 1 atom stereocenters. The molecule has 5 nitrogen and oxygen atoms in total. The molecule has 2 aromatic heterocycles. The van der Waals surface area contributed by atoms with E-state index in [1.54, 1.807) is 37.3 Å². The maximum Gasteiger partial charge on any atom is 0.241 e. The molecule has 0 aliphatic carbocycles. The molecular weight excluding hydrogens is 382 g/mol. The summed E-state index contributed by atoms with van der Waals surface area (Å²) in [6.07, 6.45) is 2.84. The molecule has 25 heavy (non-hydrogen) atoms. The second-order valence-corrected chi connectivity index (χ2v) is 8.63. The van der Waals surface area contributed by atoms with E-state index in [1.165, 1.54) is 29.9 Å². The maximum absolute atomic E-state index is 12.7. The number of halogens is 1. The number of furan rings is 1. The van der Waals surface area contributed by atoms with Crippen molar-refractivity contribution in [1.29, 1.82) is 0 Å². The highest BCUT2D eigenvalue weighted by Gasteiger charge is 2.35. The summed E-state index contributed by atoms with van der Waals surface area (Å²) < 4.78 is 32.9. The molecule has 1 aromatic carbocycles. The van der Waals surface area contributed by atoms with Gasteiger partial charge in [-0.3, -0.25) is 0 Å². The quantitative estimate of drug-likeness (QED) is 0.667. The minimum atomic E-state index is -3.85. The molecule has 132 valence electrons. The zero-order chi connectivity index (χ0) is 18.1. The first-order chi connectivity index (χ1) is 11.8. The van der Waals surface area contributed by atoms with Crippen molar-refractivity contribution in [2.45, 2.75) is 17.4 Å². The van der Waals surface area contributed by atoms with Gasteiger partial charge in [-0.1, -0.05) is 23.7 Å². The van der Waals surface area contributed by atoms with Gasteiger partial charge in [0.1, 0.15) is 5.60 Å². The van der Waals surface area contributed by atoms with Gasteiger partial charge in [0.05, 0.1) is 17.4 Å². The Balaban J connectivity index is 1.93. The number of hydrogen-bond donors (Lipinski definition) is 2. The van der Waals surface area contributed by atoms with Gasteiger partial charge in [-0.15, -0.1) is 11.3 Å². The summed E-state index contributed by atoms with van der Waals surface area (Å²) in [6, 6.07) is 9.83. The summed E-state index contributed by atoms with van der Waals surface area (Å²) in [5, 5.41) is 13.3. The Hall–Kier alpha value is -1.64. The number of thiophene rings is 1. The molecule has 0 saturated carbocycles. The largest absolute Gasteiger partial charge is 0.472 e. The van der Waals surface area contributed by atoms with E-state index in [2.05, 4.69) is 4.72 Å². The molecule has 3 rings (SSSR count). The van der Waals surface area contributed by atoms with Gasteiger partial charge in [-0.05, 0) is 42.1 Å². The normalized spacial score (nSPS) is 14.4. The Labute approximate surface area is 154 Å². The van der Waals surface area contributed by atoms with Crippen molar-refractivity contribution in [3.63, 3.8) is 0 Å². The first-order valence-corrected chi connectivity index (χ1v) is 10.1. The van der Waals surface area contributed by atoms with Crippen LogP contribution in [0.15, 0.2) is 63.6 Å². The summed E-state index contributed by atoms with van der Waals surface area (Å²) in [6.45, 7) is 1.40. The van der Waals surface area contributed by atoms with E-state index >= 15 is 0 Å². The van der Waals surface area contributed by atoms with Crippen molar-refractivity contribution >= 4 is 33.0 Å². The van der Waals surface area contributed by atoms with Crippen LogP contribution in [0.3, 0.4) is 0 Å². The smallest absolute Gasteiger partial charge is 0.241 e. The number of hydrogen-bond acceptors (Lipinski definition) is 5. The Morgan fingerprint density at radius 2 is 2.08 bits per heavy atom. The highest BCUT2D eigenvalue weighted by Crippen LogP contribution is 2.33.